The molecule has 2 aromatic carbocycles. The Morgan fingerprint density at radius 3 is 2.35 bits per heavy atom. The van der Waals surface area contributed by atoms with Crippen LogP contribution in [0.25, 0.3) is 5.69 Å². The van der Waals surface area contributed by atoms with Crippen molar-refractivity contribution >= 4 is 23.7 Å². The molecule has 46 heavy (non-hydrogen) atoms. The number of nitrogens with zero attached hydrogens (tertiary/aromatic N) is 2. The summed E-state index contributed by atoms with van der Waals surface area (Å²) < 4.78 is 22.1. The average Bonchev–Trinajstić information content (AvgIpc) is 3.97. The zero-order chi connectivity index (χ0) is 33.6. The number of carboxylic acids is 2. The van der Waals surface area contributed by atoms with Gasteiger partial charge in [0.25, 0.3) is 11.5 Å². The summed E-state index contributed by atoms with van der Waals surface area (Å²) in [6, 6.07) is 10.7. The largest absolute Gasteiger partial charge is 0.492 e. The zero-order valence-electron chi connectivity index (χ0n) is 25.2. The van der Waals surface area contributed by atoms with Crippen LogP contribution in [0.4, 0.5) is 10.2 Å². The highest BCUT2D eigenvalue weighted by Gasteiger charge is 2.47. The van der Waals surface area contributed by atoms with Crippen molar-refractivity contribution in [3.8, 4) is 11.4 Å². The van der Waals surface area contributed by atoms with E-state index >= 15 is 0 Å². The van der Waals surface area contributed by atoms with E-state index in [-0.39, 0.29) is 28.9 Å². The fraction of sp³-hybridized carbons (Fsp3) is 0.387. The maximum atomic E-state index is 14.8. The standard InChI is InChI=1S/C27H30FN5O3.C4H6O6/c1-17-21(28)15-18(25(34)31-19-7-8-19)16-22(17)33-13-11-30-24(26(33)35)32-27(9-10-27)20-5-3-4-6-23(20)36-14-12-29-2;5-1(3(7)8)2(6)4(9)10/h3-6,11,13,15-16,19,29H,7-10,12,14H2,1-2H3,(H,30,32)(H,31,34);1-2,5-6H,(H,7,8)(H,9,10)/t;1-,2-/m.1/s1. The van der Waals surface area contributed by atoms with Crippen molar-refractivity contribution < 1.29 is 43.9 Å². The van der Waals surface area contributed by atoms with Gasteiger partial charge in [-0.3, -0.25) is 14.2 Å². The fourth-order valence-electron chi connectivity index (χ4n) is 4.56. The number of nitrogens with one attached hydrogen (secondary N) is 3. The molecular weight excluding hydrogens is 605 g/mol. The van der Waals surface area contributed by atoms with Crippen molar-refractivity contribution in [2.45, 2.75) is 56.4 Å². The fourth-order valence-corrected chi connectivity index (χ4v) is 4.56. The number of aliphatic carboxylic acids is 2. The van der Waals surface area contributed by atoms with Gasteiger partial charge in [0.1, 0.15) is 18.2 Å². The number of rotatable bonds is 13. The number of likely N-dealkylation sites (N-methyl/N-ethyl adjacent to an activating group) is 1. The molecule has 2 aliphatic carbocycles. The van der Waals surface area contributed by atoms with E-state index in [4.69, 9.17) is 25.2 Å². The molecule has 1 amide bonds. The number of anilines is 1. The molecule has 1 aromatic heterocycles. The number of carbonyl (C=O) groups excluding carboxylic acids is 1. The number of carboxylic acid groups (broad SMARTS) is 2. The first-order valence-electron chi connectivity index (χ1n) is 14.5. The molecule has 2 saturated carbocycles. The number of halogens is 1. The van der Waals surface area contributed by atoms with E-state index in [9.17, 15) is 23.6 Å². The van der Waals surface area contributed by atoms with E-state index in [1.54, 1.807) is 13.0 Å². The van der Waals surface area contributed by atoms with E-state index in [1.165, 1.54) is 23.0 Å². The van der Waals surface area contributed by atoms with Crippen LogP contribution in [0.3, 0.4) is 0 Å². The normalized spacial score (nSPS) is 15.8. The van der Waals surface area contributed by atoms with Gasteiger partial charge in [0.2, 0.25) is 0 Å². The second kappa shape index (κ2) is 14.5. The predicted octanol–water partition coefficient (Wildman–Crippen LogP) is 1.15. The summed E-state index contributed by atoms with van der Waals surface area (Å²) in [7, 11) is 1.87. The third-order valence-electron chi connectivity index (χ3n) is 7.52. The van der Waals surface area contributed by atoms with Gasteiger partial charge in [-0.2, -0.15) is 0 Å². The highest BCUT2D eigenvalue weighted by molar-refractivity contribution is 5.95. The van der Waals surface area contributed by atoms with Crippen LogP contribution in [0.15, 0.2) is 53.6 Å². The van der Waals surface area contributed by atoms with Crippen LogP contribution in [-0.4, -0.2) is 86.3 Å². The van der Waals surface area contributed by atoms with Crippen LogP contribution in [0, 0.1) is 12.7 Å². The lowest BCUT2D eigenvalue weighted by molar-refractivity contribution is -0.165. The quantitative estimate of drug-likeness (QED) is 0.131. The summed E-state index contributed by atoms with van der Waals surface area (Å²) in [5.41, 5.74) is 0.866. The molecule has 0 radical (unpaired) electrons. The molecule has 0 bridgehead atoms. The van der Waals surface area contributed by atoms with Crippen molar-refractivity contribution in [3.63, 3.8) is 0 Å². The molecule has 0 unspecified atom stereocenters. The number of aliphatic hydroxyl groups is 2. The van der Waals surface area contributed by atoms with Gasteiger partial charge in [-0.25, -0.2) is 19.0 Å². The minimum atomic E-state index is -2.27. The van der Waals surface area contributed by atoms with Crippen molar-refractivity contribution in [2.75, 3.05) is 25.5 Å². The summed E-state index contributed by atoms with van der Waals surface area (Å²) in [6.07, 6.45) is 1.96. The van der Waals surface area contributed by atoms with Crippen molar-refractivity contribution in [3.05, 3.63) is 81.7 Å². The second-order valence-corrected chi connectivity index (χ2v) is 11.0. The second-order valence-electron chi connectivity index (χ2n) is 11.0. The van der Waals surface area contributed by atoms with Gasteiger partial charge in [-0.15, -0.1) is 0 Å². The van der Waals surface area contributed by atoms with Crippen LogP contribution in [0.2, 0.25) is 0 Å². The van der Waals surface area contributed by atoms with Gasteiger partial charge in [0, 0.05) is 41.7 Å². The maximum absolute atomic E-state index is 14.8. The molecule has 3 aromatic rings. The number of amides is 1. The maximum Gasteiger partial charge on any atom is 0.335 e. The molecule has 2 fully saturated rings. The van der Waals surface area contributed by atoms with Crippen LogP contribution in [0.1, 0.15) is 47.2 Å². The third-order valence-corrected chi connectivity index (χ3v) is 7.52. The van der Waals surface area contributed by atoms with Gasteiger partial charge in [-0.05, 0) is 57.9 Å². The summed E-state index contributed by atoms with van der Waals surface area (Å²) in [5, 5.41) is 41.8. The lowest BCUT2D eigenvalue weighted by atomic mass is 10.0. The molecule has 2 aliphatic rings. The van der Waals surface area contributed by atoms with Gasteiger partial charge in [0.15, 0.2) is 18.0 Å². The Morgan fingerprint density at radius 1 is 1.11 bits per heavy atom. The molecule has 2 atom stereocenters. The number of hydrogen-bond acceptors (Lipinski definition) is 10. The topological polar surface area (TPSA) is 212 Å². The highest BCUT2D eigenvalue weighted by atomic mass is 19.1. The minimum absolute atomic E-state index is 0.143. The van der Waals surface area contributed by atoms with Crippen LogP contribution < -0.4 is 26.2 Å². The first kappa shape index (κ1) is 34.0. The van der Waals surface area contributed by atoms with E-state index in [2.05, 4.69) is 20.9 Å². The first-order chi connectivity index (χ1) is 21.9. The van der Waals surface area contributed by atoms with Gasteiger partial charge in [-0.1, -0.05) is 18.2 Å². The molecule has 15 heteroatoms. The summed E-state index contributed by atoms with van der Waals surface area (Å²) in [5.74, 6) is -3.50. The Bertz CT molecular complexity index is 1640. The number of ether oxygens (including phenoxy) is 1. The van der Waals surface area contributed by atoms with Gasteiger partial charge < -0.3 is 41.1 Å². The molecule has 0 saturated heterocycles. The van der Waals surface area contributed by atoms with E-state index in [0.717, 1.165) is 37.0 Å². The minimum Gasteiger partial charge on any atom is -0.492 e. The van der Waals surface area contributed by atoms with Crippen molar-refractivity contribution in [1.82, 2.24) is 20.2 Å². The average molecular weight is 642 g/mol. The molecule has 0 spiro atoms. The molecule has 1 heterocycles. The first-order valence-corrected chi connectivity index (χ1v) is 14.5. The Labute approximate surface area is 262 Å². The van der Waals surface area contributed by atoms with E-state index in [1.807, 2.05) is 31.3 Å². The van der Waals surface area contributed by atoms with Gasteiger partial charge >= 0.3 is 11.9 Å². The Morgan fingerprint density at radius 2 is 1.76 bits per heavy atom. The van der Waals surface area contributed by atoms with Gasteiger partial charge in [0.05, 0.1) is 11.2 Å². The monoisotopic (exact) mass is 641 g/mol. The Kier molecular flexibility index (Phi) is 10.7. The number of benzene rings is 2. The van der Waals surface area contributed by atoms with E-state index < -0.39 is 41.1 Å². The van der Waals surface area contributed by atoms with Crippen molar-refractivity contribution in [2.24, 2.45) is 0 Å². The van der Waals surface area contributed by atoms with Crippen LogP contribution >= 0.6 is 0 Å². The molecule has 246 valence electrons. The van der Waals surface area contributed by atoms with Crippen molar-refractivity contribution in [1.29, 1.82) is 0 Å². The molecule has 0 aliphatic heterocycles. The van der Waals surface area contributed by atoms with E-state index in [0.29, 0.717) is 18.8 Å². The number of aromatic nitrogens is 2. The number of carbonyl (C=O) groups is 3. The number of para-hydroxylation sites is 1. The summed E-state index contributed by atoms with van der Waals surface area (Å²) in [6.45, 7) is 2.83. The third kappa shape index (κ3) is 8.04. The Balaban J connectivity index is 0.000000416. The zero-order valence-corrected chi connectivity index (χ0v) is 25.2. The smallest absolute Gasteiger partial charge is 0.335 e. The molecular formula is C31H36FN5O9. The Hall–Kier alpha value is -4.86. The lowest BCUT2D eigenvalue weighted by Gasteiger charge is -2.22. The highest BCUT2D eigenvalue weighted by Crippen LogP contribution is 2.50. The molecule has 14 nitrogen and oxygen atoms in total. The molecule has 7 N–H and O–H groups in total. The van der Waals surface area contributed by atoms with Crippen LogP contribution in [0.5, 0.6) is 5.75 Å². The summed E-state index contributed by atoms with van der Waals surface area (Å²) >= 11 is 0. The lowest BCUT2D eigenvalue weighted by Crippen LogP contribution is -2.39. The SMILES string of the molecule is CNCCOc1ccccc1C1(Nc2nccn(-c3cc(C(=O)NC4CC4)cc(F)c3C)c2=O)CC1.O=C(O)[C@H](O)[C@@H](O)C(=O)O. The predicted molar refractivity (Wildman–Crippen MR) is 163 cm³/mol. The van der Waals surface area contributed by atoms with Crippen LogP contribution in [-0.2, 0) is 15.1 Å². The molecule has 5 rings (SSSR count). The number of hydrogen-bond donors (Lipinski definition) is 7. The number of aliphatic hydroxyl groups excluding tert-OH is 2. The summed E-state index contributed by atoms with van der Waals surface area (Å²) in [4.78, 5) is 49.9.